The quantitative estimate of drug-likeness (QED) is 0.202. The summed E-state index contributed by atoms with van der Waals surface area (Å²) >= 11 is 0. The largest absolute Gasteiger partial charge is 0.338 e. The molecule has 2 saturated heterocycles. The first kappa shape index (κ1) is 26.4. The summed E-state index contributed by atoms with van der Waals surface area (Å²) < 4.78 is 0. The van der Waals surface area contributed by atoms with Crippen molar-refractivity contribution in [1.82, 2.24) is 19.9 Å². The normalized spacial score (nSPS) is 31.1. The lowest BCUT2D eigenvalue weighted by molar-refractivity contribution is -0.124. The Morgan fingerprint density at radius 2 is 0.917 bits per heavy atom. The van der Waals surface area contributed by atoms with Crippen molar-refractivity contribution in [3.8, 4) is 22.8 Å². The number of imidazole rings is 2. The third kappa shape index (κ3) is 3.36. The van der Waals surface area contributed by atoms with Crippen LogP contribution in [0.4, 0.5) is 11.4 Å². The number of nitrogens with one attached hydrogen (secondary N) is 2. The maximum Gasteiger partial charge on any atom is 0.238 e. The van der Waals surface area contributed by atoms with Crippen molar-refractivity contribution in [2.45, 2.75) is 12.8 Å². The second-order valence-corrected chi connectivity index (χ2v) is 14.2. The fourth-order valence-electron chi connectivity index (χ4n) is 9.65. The van der Waals surface area contributed by atoms with Gasteiger partial charge in [0.25, 0.3) is 0 Å². The minimum Gasteiger partial charge on any atom is -0.338 e. The Labute approximate surface area is 273 Å². The molecule has 2 saturated carbocycles. The number of rotatable bonds is 4. The van der Waals surface area contributed by atoms with Crippen molar-refractivity contribution >= 4 is 57.1 Å². The first-order valence-corrected chi connectivity index (χ1v) is 16.6. The number of carbonyl (C=O) groups excluding carboxylic acids is 4. The lowest BCUT2D eigenvalue weighted by atomic mass is 9.85. The molecule has 10 heteroatoms. The molecule has 234 valence electrons. The van der Waals surface area contributed by atoms with Gasteiger partial charge in [0.1, 0.15) is 11.6 Å². The van der Waals surface area contributed by atoms with E-state index in [0.29, 0.717) is 23.0 Å². The third-order valence-electron chi connectivity index (χ3n) is 11.8. The molecule has 6 aliphatic rings. The molecular formula is C38H28N6O4. The van der Waals surface area contributed by atoms with Crippen LogP contribution in [0.2, 0.25) is 0 Å². The topological polar surface area (TPSA) is 132 Å². The van der Waals surface area contributed by atoms with Crippen LogP contribution in [0.25, 0.3) is 44.8 Å². The van der Waals surface area contributed by atoms with Gasteiger partial charge < -0.3 is 9.97 Å². The fourth-order valence-corrected chi connectivity index (χ4v) is 9.65. The number of aromatic amines is 2. The number of H-pyrrole nitrogens is 2. The summed E-state index contributed by atoms with van der Waals surface area (Å²) in [5, 5.41) is 0. The van der Waals surface area contributed by atoms with Gasteiger partial charge in [-0.3, -0.25) is 24.1 Å². The summed E-state index contributed by atoms with van der Waals surface area (Å²) in [5.74, 6) is 0.732. The number of allylic oxidation sites excluding steroid dienone is 4. The van der Waals surface area contributed by atoms with E-state index >= 15 is 0 Å². The van der Waals surface area contributed by atoms with Gasteiger partial charge in [0.05, 0.1) is 57.1 Å². The number of hydrogen-bond acceptors (Lipinski definition) is 6. The zero-order chi connectivity index (χ0) is 32.0. The first-order valence-electron chi connectivity index (χ1n) is 16.6. The predicted molar refractivity (Wildman–Crippen MR) is 177 cm³/mol. The van der Waals surface area contributed by atoms with Crippen LogP contribution >= 0.6 is 0 Å². The Morgan fingerprint density at radius 1 is 0.500 bits per heavy atom. The highest BCUT2D eigenvalue weighted by Gasteiger charge is 2.60. The molecule has 4 fully saturated rings. The third-order valence-corrected chi connectivity index (χ3v) is 11.8. The van der Waals surface area contributed by atoms with Gasteiger partial charge >= 0.3 is 0 Å². The summed E-state index contributed by atoms with van der Waals surface area (Å²) in [4.78, 5) is 72.3. The molecule has 2 aromatic heterocycles. The molecule has 0 spiro atoms. The van der Waals surface area contributed by atoms with Crippen molar-refractivity contribution in [3.05, 3.63) is 85.0 Å². The molecule has 0 unspecified atom stereocenters. The van der Waals surface area contributed by atoms with Crippen LogP contribution in [0.15, 0.2) is 85.0 Å². The van der Waals surface area contributed by atoms with Gasteiger partial charge in [-0.05, 0) is 97.2 Å². The van der Waals surface area contributed by atoms with Crippen molar-refractivity contribution in [1.29, 1.82) is 0 Å². The predicted octanol–water partition coefficient (Wildman–Crippen LogP) is 5.40. The Balaban J connectivity index is 0.860. The van der Waals surface area contributed by atoms with Crippen molar-refractivity contribution in [2.75, 3.05) is 9.80 Å². The summed E-state index contributed by atoms with van der Waals surface area (Å²) in [6.07, 6.45) is 10.2. The van der Waals surface area contributed by atoms with E-state index < -0.39 is 0 Å². The van der Waals surface area contributed by atoms with E-state index in [4.69, 9.17) is 9.97 Å². The summed E-state index contributed by atoms with van der Waals surface area (Å²) in [6.45, 7) is 0. The van der Waals surface area contributed by atoms with E-state index in [1.165, 1.54) is 9.80 Å². The number of amides is 4. The number of carbonyl (C=O) groups is 4. The minimum absolute atomic E-state index is 0.0859. The lowest BCUT2D eigenvalue weighted by Crippen LogP contribution is -2.32. The van der Waals surface area contributed by atoms with Crippen LogP contribution in [0.5, 0.6) is 0 Å². The van der Waals surface area contributed by atoms with Crippen LogP contribution in [-0.2, 0) is 19.2 Å². The molecule has 48 heavy (non-hydrogen) atoms. The second-order valence-electron chi connectivity index (χ2n) is 14.2. The van der Waals surface area contributed by atoms with Crippen LogP contribution in [-0.4, -0.2) is 43.6 Å². The number of hydrogen-bond donors (Lipinski definition) is 2. The Morgan fingerprint density at radius 3 is 1.46 bits per heavy atom. The average Bonchev–Trinajstić information content (AvgIpc) is 3.95. The smallest absolute Gasteiger partial charge is 0.238 e. The first-order chi connectivity index (χ1) is 23.4. The van der Waals surface area contributed by atoms with E-state index in [-0.39, 0.29) is 71.0 Å². The van der Waals surface area contributed by atoms with Gasteiger partial charge in [-0.25, -0.2) is 14.9 Å². The maximum absolute atomic E-state index is 13.3. The van der Waals surface area contributed by atoms with Gasteiger partial charge in [0.15, 0.2) is 0 Å². The minimum atomic E-state index is -0.240. The average molecular weight is 633 g/mol. The molecule has 4 amide bonds. The van der Waals surface area contributed by atoms with Gasteiger partial charge in [0.2, 0.25) is 23.6 Å². The van der Waals surface area contributed by atoms with Gasteiger partial charge in [-0.15, -0.1) is 0 Å². The molecule has 0 radical (unpaired) electrons. The standard InChI is InChI=1S/C38H28N6O4/c45-35-29-18-1-2-19(13-18)30(29)36(46)43(35)23-8-5-17(6-9-23)33-39-25-11-7-22(15-27(25)41-33)34-40-26-12-10-24(16-28(26)42-34)44-37(47)31-20-3-4-21(14-20)32(31)38(44)48/h1-12,15-16,18-21,29-32H,13-14H2,(H,39,41)(H,40,42)/t18-,19+,20-,21+,29-,30+,31-,32+. The number of nitrogens with zero attached hydrogens (tertiary/aromatic N) is 4. The molecule has 10 nitrogen and oxygen atoms in total. The van der Waals surface area contributed by atoms with Crippen LogP contribution in [0.3, 0.4) is 0 Å². The molecule has 4 bridgehead atoms. The van der Waals surface area contributed by atoms with Gasteiger partial charge in [-0.2, -0.15) is 0 Å². The molecule has 2 N–H and O–H groups in total. The van der Waals surface area contributed by atoms with Crippen molar-refractivity contribution in [3.63, 3.8) is 0 Å². The summed E-state index contributed by atoms with van der Waals surface area (Å²) in [5.41, 5.74) is 5.97. The Bertz CT molecular complexity index is 2310. The molecular weight excluding hydrogens is 604 g/mol. The Hall–Kier alpha value is -5.64. The molecule has 4 aliphatic carbocycles. The molecule has 8 atom stereocenters. The van der Waals surface area contributed by atoms with E-state index in [2.05, 4.69) is 34.3 Å². The summed E-state index contributed by atoms with van der Waals surface area (Å²) in [6, 6.07) is 18.8. The number of imide groups is 2. The van der Waals surface area contributed by atoms with Crippen LogP contribution < -0.4 is 9.80 Å². The van der Waals surface area contributed by atoms with E-state index in [1.54, 1.807) is 6.07 Å². The molecule has 5 aromatic rings. The van der Waals surface area contributed by atoms with E-state index in [1.807, 2.05) is 54.6 Å². The van der Waals surface area contributed by atoms with Crippen LogP contribution in [0, 0.1) is 47.3 Å². The molecule has 11 rings (SSSR count). The lowest BCUT2D eigenvalue weighted by Gasteiger charge is -2.17. The van der Waals surface area contributed by atoms with Crippen LogP contribution in [0.1, 0.15) is 12.8 Å². The number of anilines is 2. The van der Waals surface area contributed by atoms with Crippen molar-refractivity contribution in [2.24, 2.45) is 47.3 Å². The highest BCUT2D eigenvalue weighted by atomic mass is 16.2. The highest BCUT2D eigenvalue weighted by molar-refractivity contribution is 6.24. The summed E-state index contributed by atoms with van der Waals surface area (Å²) in [7, 11) is 0. The highest BCUT2D eigenvalue weighted by Crippen LogP contribution is 2.54. The molecule has 3 aromatic carbocycles. The SMILES string of the molecule is O=C1[C@@H]2[C@H](C(=O)N1c1ccc(-c3nc4ccc(-c5nc6ccc(N7C(=O)[C@@H]8[C@H](C7=O)[C@@H]7C=C[C@H]8C7)cc6[nH]5)cc4[nH]3)cc1)[C@@H]1C=C[C@H]2C1. The fraction of sp³-hybridized carbons (Fsp3) is 0.263. The van der Waals surface area contributed by atoms with E-state index in [9.17, 15) is 19.2 Å². The van der Waals surface area contributed by atoms with Gasteiger partial charge in [-0.1, -0.05) is 24.3 Å². The van der Waals surface area contributed by atoms with Crippen molar-refractivity contribution < 1.29 is 19.2 Å². The zero-order valence-corrected chi connectivity index (χ0v) is 25.5. The molecule has 2 aliphatic heterocycles. The zero-order valence-electron chi connectivity index (χ0n) is 25.5. The Kier molecular flexibility index (Phi) is 4.97. The van der Waals surface area contributed by atoms with E-state index in [0.717, 1.165) is 46.0 Å². The number of aromatic nitrogens is 4. The second kappa shape index (κ2) is 9.03. The number of fused-ring (bicyclic) bond motifs is 12. The monoisotopic (exact) mass is 632 g/mol. The maximum atomic E-state index is 13.3. The molecule has 4 heterocycles. The van der Waals surface area contributed by atoms with Gasteiger partial charge in [0, 0.05) is 11.1 Å². The number of benzene rings is 3.